The van der Waals surface area contributed by atoms with Gasteiger partial charge in [0.1, 0.15) is 18.2 Å². The van der Waals surface area contributed by atoms with Crippen LogP contribution in [0.4, 0.5) is 10.1 Å². The zero-order valence-corrected chi connectivity index (χ0v) is 15.9. The van der Waals surface area contributed by atoms with Gasteiger partial charge < -0.3 is 14.4 Å². The number of carbonyl (C=O) groups excluding carboxylic acids is 2. The van der Waals surface area contributed by atoms with Crippen LogP contribution in [-0.2, 0) is 20.9 Å². The van der Waals surface area contributed by atoms with E-state index in [1.54, 1.807) is 16.7 Å². The molecule has 0 unspecified atom stereocenters. The molecule has 2 aromatic rings. The summed E-state index contributed by atoms with van der Waals surface area (Å²) in [7, 11) is 1.47. The second kappa shape index (κ2) is 8.43. The monoisotopic (exact) mass is 389 g/mol. The van der Waals surface area contributed by atoms with Crippen molar-refractivity contribution in [2.75, 3.05) is 24.8 Å². The molecular weight excluding hydrogens is 369 g/mol. The molecule has 1 heterocycles. The predicted molar refractivity (Wildman–Crippen MR) is 101 cm³/mol. The molecule has 0 saturated carbocycles. The first-order valence-corrected chi connectivity index (χ1v) is 9.67. The smallest absolute Gasteiger partial charge is 0.311 e. The van der Waals surface area contributed by atoms with Gasteiger partial charge in [-0.25, -0.2) is 4.39 Å². The third-order valence-corrected chi connectivity index (χ3v) is 5.16. The molecule has 1 amide bonds. The second-order valence-corrected chi connectivity index (χ2v) is 7.05. The Bertz CT molecular complexity index is 858. The van der Waals surface area contributed by atoms with Crippen LogP contribution >= 0.6 is 11.8 Å². The van der Waals surface area contributed by atoms with Crippen LogP contribution in [0.5, 0.6) is 5.75 Å². The molecule has 27 heavy (non-hydrogen) atoms. The van der Waals surface area contributed by atoms with E-state index >= 15 is 0 Å². The van der Waals surface area contributed by atoms with E-state index in [0.717, 1.165) is 10.6 Å². The number of hydrogen-bond acceptors (Lipinski definition) is 5. The number of benzene rings is 2. The number of anilines is 1. The van der Waals surface area contributed by atoms with Crippen molar-refractivity contribution in [3.05, 3.63) is 53.8 Å². The van der Waals surface area contributed by atoms with Gasteiger partial charge >= 0.3 is 5.97 Å². The number of thioether (sulfide) groups is 1. The fraction of sp³-hybridized carbons (Fsp3) is 0.300. The number of ether oxygens (including phenoxy) is 2. The summed E-state index contributed by atoms with van der Waals surface area (Å²) < 4.78 is 23.9. The summed E-state index contributed by atoms with van der Waals surface area (Å²) in [6, 6.07) is 11.7. The fourth-order valence-corrected chi connectivity index (χ4v) is 3.47. The van der Waals surface area contributed by atoms with Crippen molar-refractivity contribution in [2.45, 2.75) is 17.9 Å². The number of methoxy groups -OCH3 is 1. The van der Waals surface area contributed by atoms with Gasteiger partial charge in [0.05, 0.1) is 13.0 Å². The first-order chi connectivity index (χ1) is 13.0. The van der Waals surface area contributed by atoms with E-state index in [1.165, 1.54) is 25.3 Å². The molecule has 1 fully saturated rings. The van der Waals surface area contributed by atoms with Crippen LogP contribution in [0.3, 0.4) is 0 Å². The highest BCUT2D eigenvalue weighted by Gasteiger charge is 2.36. The highest BCUT2D eigenvalue weighted by atomic mass is 32.2. The summed E-state index contributed by atoms with van der Waals surface area (Å²) in [6.45, 7) is 0.169. The molecule has 3 rings (SSSR count). The predicted octanol–water partition coefficient (Wildman–Crippen LogP) is 3.65. The van der Waals surface area contributed by atoms with Crippen LogP contribution in [-0.4, -0.2) is 31.8 Å². The summed E-state index contributed by atoms with van der Waals surface area (Å²) in [6.07, 6.45) is 2.06. The topological polar surface area (TPSA) is 55.8 Å². The van der Waals surface area contributed by atoms with E-state index < -0.39 is 17.7 Å². The van der Waals surface area contributed by atoms with Gasteiger partial charge in [0, 0.05) is 29.1 Å². The third kappa shape index (κ3) is 4.42. The van der Waals surface area contributed by atoms with Crippen molar-refractivity contribution < 1.29 is 23.5 Å². The van der Waals surface area contributed by atoms with Gasteiger partial charge in [0.25, 0.3) is 0 Å². The number of carbonyl (C=O) groups is 2. The zero-order valence-electron chi connectivity index (χ0n) is 15.1. The first kappa shape index (κ1) is 19.2. The van der Waals surface area contributed by atoms with E-state index in [0.29, 0.717) is 11.3 Å². The molecule has 1 aliphatic rings. The van der Waals surface area contributed by atoms with Crippen molar-refractivity contribution in [1.29, 1.82) is 0 Å². The lowest BCUT2D eigenvalue weighted by molar-refractivity contribution is -0.149. The minimum atomic E-state index is -0.546. The maximum absolute atomic E-state index is 13.4. The average Bonchev–Trinajstić information content (AvgIpc) is 3.08. The minimum Gasteiger partial charge on any atom is -0.496 e. The Morgan fingerprint density at radius 3 is 2.85 bits per heavy atom. The fourth-order valence-electron chi connectivity index (χ4n) is 3.02. The normalized spacial score (nSPS) is 16.5. The Balaban J connectivity index is 1.65. The number of hydrogen-bond donors (Lipinski definition) is 0. The van der Waals surface area contributed by atoms with Crippen LogP contribution < -0.4 is 9.64 Å². The largest absolute Gasteiger partial charge is 0.496 e. The van der Waals surface area contributed by atoms with Gasteiger partial charge in [0.2, 0.25) is 5.91 Å². The summed E-state index contributed by atoms with van der Waals surface area (Å²) in [5.41, 5.74) is 1.22. The average molecular weight is 389 g/mol. The molecule has 0 bridgehead atoms. The molecule has 0 spiro atoms. The van der Waals surface area contributed by atoms with Crippen LogP contribution in [0, 0.1) is 11.7 Å². The lowest BCUT2D eigenvalue weighted by atomic mass is 10.1. The molecule has 2 aromatic carbocycles. The Morgan fingerprint density at radius 1 is 1.30 bits per heavy atom. The maximum Gasteiger partial charge on any atom is 0.311 e. The highest BCUT2D eigenvalue weighted by Crippen LogP contribution is 2.29. The van der Waals surface area contributed by atoms with Gasteiger partial charge in [0.15, 0.2) is 0 Å². The number of rotatable bonds is 6. The van der Waals surface area contributed by atoms with E-state index in [9.17, 15) is 14.0 Å². The zero-order chi connectivity index (χ0) is 19.4. The molecule has 7 heteroatoms. The Kier molecular flexibility index (Phi) is 6.01. The Morgan fingerprint density at radius 2 is 2.11 bits per heavy atom. The van der Waals surface area contributed by atoms with Crippen LogP contribution in [0.2, 0.25) is 0 Å². The summed E-state index contributed by atoms with van der Waals surface area (Å²) in [5, 5.41) is 0. The van der Waals surface area contributed by atoms with E-state index in [1.807, 2.05) is 30.5 Å². The van der Waals surface area contributed by atoms with Crippen molar-refractivity contribution in [3.8, 4) is 5.75 Å². The van der Waals surface area contributed by atoms with Gasteiger partial charge in [-0.15, -0.1) is 11.8 Å². The molecule has 5 nitrogen and oxygen atoms in total. The van der Waals surface area contributed by atoms with Gasteiger partial charge in [-0.05, 0) is 42.7 Å². The Labute approximate surface area is 161 Å². The lowest BCUT2D eigenvalue weighted by Crippen LogP contribution is -2.26. The van der Waals surface area contributed by atoms with E-state index in [2.05, 4.69) is 0 Å². The second-order valence-electron chi connectivity index (χ2n) is 6.17. The van der Waals surface area contributed by atoms with Gasteiger partial charge in [-0.2, -0.15) is 0 Å². The van der Waals surface area contributed by atoms with Crippen molar-refractivity contribution in [3.63, 3.8) is 0 Å². The van der Waals surface area contributed by atoms with E-state index in [-0.39, 0.29) is 25.5 Å². The first-order valence-electron chi connectivity index (χ1n) is 8.45. The maximum atomic E-state index is 13.4. The minimum absolute atomic E-state index is 0.0998. The SMILES string of the molecule is COc1ccc(F)cc1COC(=O)[C@@H]1CC(=O)N(c2cccc(SC)c2)C1. The number of halogens is 1. The van der Waals surface area contributed by atoms with Crippen molar-refractivity contribution in [1.82, 2.24) is 0 Å². The van der Waals surface area contributed by atoms with Gasteiger partial charge in [-0.3, -0.25) is 9.59 Å². The van der Waals surface area contributed by atoms with Gasteiger partial charge in [-0.1, -0.05) is 6.07 Å². The summed E-state index contributed by atoms with van der Waals surface area (Å²) >= 11 is 1.59. The number of amides is 1. The van der Waals surface area contributed by atoms with Crippen LogP contribution in [0.25, 0.3) is 0 Å². The molecule has 0 aromatic heterocycles. The number of esters is 1. The molecule has 1 saturated heterocycles. The van der Waals surface area contributed by atoms with E-state index in [4.69, 9.17) is 9.47 Å². The molecule has 1 atom stereocenters. The van der Waals surface area contributed by atoms with Crippen molar-refractivity contribution in [2.24, 2.45) is 5.92 Å². The summed E-state index contributed by atoms with van der Waals surface area (Å²) in [5.74, 6) is -1.12. The standard InChI is InChI=1S/C20H20FNO4S/c1-25-18-7-6-15(21)8-14(18)12-26-20(24)13-9-19(23)22(11-13)16-4-3-5-17(10-16)27-2/h3-8,10,13H,9,11-12H2,1-2H3/t13-/m1/s1. The molecule has 0 aliphatic carbocycles. The Hall–Kier alpha value is -2.54. The number of nitrogens with zero attached hydrogens (tertiary/aromatic N) is 1. The van der Waals surface area contributed by atoms with Crippen LogP contribution in [0.15, 0.2) is 47.4 Å². The summed E-state index contributed by atoms with van der Waals surface area (Å²) in [4.78, 5) is 27.4. The molecular formula is C20H20FNO4S. The highest BCUT2D eigenvalue weighted by molar-refractivity contribution is 7.98. The van der Waals surface area contributed by atoms with Crippen LogP contribution in [0.1, 0.15) is 12.0 Å². The molecule has 0 radical (unpaired) electrons. The molecule has 0 N–H and O–H groups in total. The molecule has 1 aliphatic heterocycles. The molecule has 142 valence electrons. The lowest BCUT2D eigenvalue weighted by Gasteiger charge is -2.17. The third-order valence-electron chi connectivity index (χ3n) is 4.44. The quantitative estimate of drug-likeness (QED) is 0.558. The van der Waals surface area contributed by atoms with Crippen molar-refractivity contribution >= 4 is 29.3 Å².